The van der Waals surface area contributed by atoms with Crippen molar-refractivity contribution in [2.24, 2.45) is 0 Å². The highest BCUT2D eigenvalue weighted by molar-refractivity contribution is 8.02. The lowest BCUT2D eigenvalue weighted by molar-refractivity contribution is -0.336. The van der Waals surface area contributed by atoms with E-state index >= 15 is 0 Å². The first-order chi connectivity index (χ1) is 17.6. The van der Waals surface area contributed by atoms with Gasteiger partial charge in [0, 0.05) is 18.5 Å². The molecule has 1 aromatic heterocycles. The Morgan fingerprint density at radius 3 is 2.51 bits per heavy atom. The van der Waals surface area contributed by atoms with Crippen LogP contribution in [-0.4, -0.2) is 49.7 Å². The second-order valence-corrected chi connectivity index (χ2v) is 9.60. The number of carboxylic acid groups (broad SMARTS) is 1. The molecule has 194 valence electrons. The Hall–Kier alpha value is -3.64. The van der Waals surface area contributed by atoms with E-state index in [2.05, 4.69) is 15.0 Å². The molecule has 0 radical (unpaired) electrons. The third-order valence-electron chi connectivity index (χ3n) is 5.67. The van der Waals surface area contributed by atoms with Gasteiger partial charge in [-0.3, -0.25) is 14.3 Å². The van der Waals surface area contributed by atoms with Gasteiger partial charge >= 0.3 is 12.3 Å². The fourth-order valence-corrected chi connectivity index (χ4v) is 5.09. The normalized spacial score (nSPS) is 20.2. The van der Waals surface area contributed by atoms with Crippen molar-refractivity contribution >= 4 is 28.6 Å². The Morgan fingerprint density at radius 1 is 1.19 bits per heavy atom. The van der Waals surface area contributed by atoms with Gasteiger partial charge in [0.2, 0.25) is 0 Å². The van der Waals surface area contributed by atoms with Gasteiger partial charge in [0.15, 0.2) is 4.93 Å². The summed E-state index contributed by atoms with van der Waals surface area (Å²) in [7, 11) is 1.47. The lowest BCUT2D eigenvalue weighted by atomic mass is 9.94. The van der Waals surface area contributed by atoms with E-state index in [1.807, 2.05) is 30.3 Å². The zero-order valence-corrected chi connectivity index (χ0v) is 20.3. The van der Waals surface area contributed by atoms with Crippen LogP contribution in [0, 0.1) is 0 Å². The molecule has 0 amide bonds. The van der Waals surface area contributed by atoms with Gasteiger partial charge in [-0.2, -0.15) is 0 Å². The standard InChI is InChI=1S/C25H22F3N3O5S/c1-35-18-7-8-19-20(15-18)29-30-31(22(19)32)14-11-21(23(33)34)37-24(36-25(26,27)28)12-9-17(10-13-24)16-5-3-2-4-6-16/h2-10,12-13,15,17,21H,11,14H2,1H3,(H,33,34). The van der Waals surface area contributed by atoms with E-state index in [1.165, 1.54) is 31.4 Å². The molecule has 1 N–H and O–H groups in total. The van der Waals surface area contributed by atoms with Crippen LogP contribution in [0.1, 0.15) is 17.9 Å². The van der Waals surface area contributed by atoms with Gasteiger partial charge in [-0.25, -0.2) is 4.68 Å². The topological polar surface area (TPSA) is 104 Å². The van der Waals surface area contributed by atoms with Gasteiger partial charge in [-0.1, -0.05) is 47.7 Å². The Labute approximate surface area is 213 Å². The largest absolute Gasteiger partial charge is 0.524 e. The van der Waals surface area contributed by atoms with Gasteiger partial charge in [0.25, 0.3) is 5.56 Å². The molecule has 4 rings (SSSR count). The van der Waals surface area contributed by atoms with E-state index in [4.69, 9.17) is 4.74 Å². The fraction of sp³-hybridized carbons (Fsp3) is 0.280. The smallest absolute Gasteiger partial charge is 0.497 e. The predicted molar refractivity (Wildman–Crippen MR) is 131 cm³/mol. The molecule has 0 fully saturated rings. The van der Waals surface area contributed by atoms with Crippen LogP contribution in [0.15, 0.2) is 77.6 Å². The van der Waals surface area contributed by atoms with Gasteiger partial charge < -0.3 is 9.84 Å². The molecule has 0 bridgehead atoms. The molecule has 0 saturated carbocycles. The van der Waals surface area contributed by atoms with Crippen LogP contribution in [0.5, 0.6) is 5.75 Å². The summed E-state index contributed by atoms with van der Waals surface area (Å²) < 4.78 is 50.5. The van der Waals surface area contributed by atoms with E-state index in [9.17, 15) is 27.9 Å². The number of allylic oxidation sites excluding steroid dienone is 2. The average Bonchev–Trinajstić information content (AvgIpc) is 2.87. The van der Waals surface area contributed by atoms with Crippen LogP contribution < -0.4 is 10.3 Å². The number of hydrogen-bond donors (Lipinski definition) is 1. The highest BCUT2D eigenvalue weighted by Gasteiger charge is 2.45. The average molecular weight is 534 g/mol. The molecule has 1 aliphatic carbocycles. The van der Waals surface area contributed by atoms with E-state index < -0.39 is 28.1 Å². The number of aryl methyl sites for hydroxylation is 1. The molecular weight excluding hydrogens is 511 g/mol. The van der Waals surface area contributed by atoms with Crippen molar-refractivity contribution in [1.82, 2.24) is 15.0 Å². The number of rotatable bonds is 9. The monoisotopic (exact) mass is 533 g/mol. The molecule has 1 atom stereocenters. The van der Waals surface area contributed by atoms with Crippen molar-refractivity contribution in [3.63, 3.8) is 0 Å². The predicted octanol–water partition coefficient (Wildman–Crippen LogP) is 4.52. The molecule has 8 nitrogen and oxygen atoms in total. The van der Waals surface area contributed by atoms with Crippen molar-refractivity contribution < 1.29 is 32.5 Å². The molecule has 37 heavy (non-hydrogen) atoms. The second-order valence-electron chi connectivity index (χ2n) is 8.16. The fourth-order valence-electron chi connectivity index (χ4n) is 3.87. The van der Waals surface area contributed by atoms with Gasteiger partial charge in [-0.05, 0) is 36.3 Å². The maximum absolute atomic E-state index is 13.3. The van der Waals surface area contributed by atoms with Crippen LogP contribution in [0.3, 0.4) is 0 Å². The number of carboxylic acids is 1. The van der Waals surface area contributed by atoms with E-state index in [0.717, 1.165) is 10.2 Å². The molecule has 1 aliphatic rings. The van der Waals surface area contributed by atoms with E-state index in [-0.39, 0.29) is 24.3 Å². The molecule has 2 aromatic carbocycles. The zero-order chi connectivity index (χ0) is 26.6. The van der Waals surface area contributed by atoms with Gasteiger partial charge in [0.1, 0.15) is 16.5 Å². The van der Waals surface area contributed by atoms with Crippen LogP contribution in [0.2, 0.25) is 0 Å². The quantitative estimate of drug-likeness (QED) is 0.316. The van der Waals surface area contributed by atoms with Crippen molar-refractivity contribution in [2.45, 2.75) is 35.4 Å². The number of ether oxygens (including phenoxy) is 2. The maximum Gasteiger partial charge on any atom is 0.524 e. The molecule has 12 heteroatoms. The number of benzene rings is 2. The number of aromatic nitrogens is 3. The number of methoxy groups -OCH3 is 1. The summed E-state index contributed by atoms with van der Waals surface area (Å²) in [5.74, 6) is -1.16. The van der Waals surface area contributed by atoms with Crippen LogP contribution in [0.25, 0.3) is 10.9 Å². The number of hydrogen-bond acceptors (Lipinski definition) is 7. The first-order valence-electron chi connectivity index (χ1n) is 11.1. The minimum Gasteiger partial charge on any atom is -0.497 e. The number of halogens is 3. The molecule has 1 unspecified atom stereocenters. The summed E-state index contributed by atoms with van der Waals surface area (Å²) in [5, 5.41) is 16.5. The lowest BCUT2D eigenvalue weighted by Crippen LogP contribution is -2.37. The van der Waals surface area contributed by atoms with Crippen molar-refractivity contribution in [1.29, 1.82) is 0 Å². The maximum atomic E-state index is 13.3. The van der Waals surface area contributed by atoms with Crippen molar-refractivity contribution in [2.75, 3.05) is 7.11 Å². The minimum absolute atomic E-state index is 0.181. The number of carbonyl (C=O) groups is 1. The number of thioether (sulfide) groups is 1. The summed E-state index contributed by atoms with van der Waals surface area (Å²) in [6.45, 7) is -0.181. The summed E-state index contributed by atoms with van der Waals surface area (Å²) in [6, 6.07) is 13.7. The Bertz CT molecular complexity index is 1380. The number of aliphatic carboxylic acids is 1. The molecule has 3 aromatic rings. The highest BCUT2D eigenvalue weighted by Crippen LogP contribution is 2.43. The van der Waals surface area contributed by atoms with Crippen LogP contribution in [0.4, 0.5) is 13.2 Å². The second kappa shape index (κ2) is 10.8. The summed E-state index contributed by atoms with van der Waals surface area (Å²) in [5.41, 5.74) is 0.654. The summed E-state index contributed by atoms with van der Waals surface area (Å²) in [6.07, 6.45) is 0.290. The molecule has 1 heterocycles. The lowest BCUT2D eigenvalue weighted by Gasteiger charge is -2.33. The molecule has 0 spiro atoms. The minimum atomic E-state index is -5.02. The highest BCUT2D eigenvalue weighted by atomic mass is 32.2. The number of alkyl halides is 3. The SMILES string of the molecule is COc1ccc2c(=O)n(CCC(SC3(OC(F)(F)F)C=CC(c4ccccc4)C=C3)C(=O)O)nnc2c1. The summed E-state index contributed by atoms with van der Waals surface area (Å²) in [4.78, 5) is 22.7. The third-order valence-corrected chi connectivity index (χ3v) is 7.11. The number of nitrogens with zero attached hydrogens (tertiary/aromatic N) is 3. The third kappa shape index (κ3) is 6.38. The van der Waals surface area contributed by atoms with E-state index in [0.29, 0.717) is 23.0 Å². The molecule has 0 aliphatic heterocycles. The Balaban J connectivity index is 1.55. The van der Waals surface area contributed by atoms with E-state index in [1.54, 1.807) is 18.2 Å². The molecular formula is C25H22F3N3O5S. The summed E-state index contributed by atoms with van der Waals surface area (Å²) >= 11 is 0.484. The van der Waals surface area contributed by atoms with Gasteiger partial charge in [-0.15, -0.1) is 30.0 Å². The van der Waals surface area contributed by atoms with Gasteiger partial charge in [0.05, 0.1) is 12.5 Å². The number of fused-ring (bicyclic) bond motifs is 1. The first kappa shape index (κ1) is 26.4. The molecule has 0 saturated heterocycles. The van der Waals surface area contributed by atoms with Crippen molar-refractivity contribution in [3.05, 3.63) is 88.8 Å². The zero-order valence-electron chi connectivity index (χ0n) is 19.5. The Morgan fingerprint density at radius 2 is 1.89 bits per heavy atom. The van der Waals surface area contributed by atoms with Crippen LogP contribution >= 0.6 is 11.8 Å². The van der Waals surface area contributed by atoms with Crippen LogP contribution in [-0.2, 0) is 16.1 Å². The van der Waals surface area contributed by atoms with Crippen molar-refractivity contribution in [3.8, 4) is 5.75 Å². The first-order valence-corrected chi connectivity index (χ1v) is 12.0. The Kier molecular flexibility index (Phi) is 7.69.